The van der Waals surface area contributed by atoms with Gasteiger partial charge in [-0.3, -0.25) is 4.79 Å². The Balaban J connectivity index is 2.98. The van der Waals surface area contributed by atoms with Crippen LogP contribution in [0.2, 0.25) is 0 Å². The number of rotatable bonds is 4. The first-order valence-corrected chi connectivity index (χ1v) is 7.36. The number of nitrogen functional groups attached to an aromatic ring is 1. The predicted molar refractivity (Wildman–Crippen MR) is 67.4 cm³/mol. The second-order valence-corrected chi connectivity index (χ2v) is 6.44. The Labute approximate surface area is 109 Å². The van der Waals surface area contributed by atoms with Crippen LogP contribution in [-0.2, 0) is 9.84 Å². The van der Waals surface area contributed by atoms with E-state index in [-0.39, 0.29) is 18.0 Å². The molecule has 1 amide bonds. The lowest BCUT2D eigenvalue weighted by molar-refractivity contribution is 0.0794. The van der Waals surface area contributed by atoms with E-state index in [1.165, 1.54) is 7.05 Å². The fraction of sp³-hybridized carbons (Fsp3) is 0.364. The van der Waals surface area contributed by atoms with E-state index >= 15 is 0 Å². The summed E-state index contributed by atoms with van der Waals surface area (Å²) in [5.41, 5.74) is 4.13. The molecule has 0 saturated heterocycles. The minimum absolute atomic E-state index is 0.161. The number of amides is 1. The van der Waals surface area contributed by atoms with Gasteiger partial charge < -0.3 is 10.6 Å². The number of carbonyl (C=O) groups is 1. The molecule has 1 rings (SSSR count). The van der Waals surface area contributed by atoms with Crippen LogP contribution in [0.15, 0.2) is 12.1 Å². The smallest absolute Gasteiger partial charge is 0.259 e. The Hall–Kier alpha value is -1.70. The second-order valence-electron chi connectivity index (χ2n) is 4.18. The minimum Gasteiger partial charge on any atom is -0.396 e. The molecule has 0 fully saturated rings. The maximum Gasteiger partial charge on any atom is 0.259 e. The van der Waals surface area contributed by atoms with Gasteiger partial charge in [0, 0.05) is 19.8 Å². The molecule has 0 aromatic heterocycles. The molecule has 8 heteroatoms. The van der Waals surface area contributed by atoms with Gasteiger partial charge in [0.15, 0.2) is 5.82 Å². The summed E-state index contributed by atoms with van der Waals surface area (Å²) in [6.45, 7) is -0.161. The van der Waals surface area contributed by atoms with Gasteiger partial charge in [-0.25, -0.2) is 17.2 Å². The number of carbonyl (C=O) groups excluding carboxylic acids is 1. The number of benzene rings is 1. The van der Waals surface area contributed by atoms with Crippen LogP contribution < -0.4 is 5.73 Å². The van der Waals surface area contributed by atoms with Gasteiger partial charge in [0.05, 0.1) is 11.4 Å². The third-order valence-corrected chi connectivity index (χ3v) is 3.40. The molecule has 1 aromatic rings. The number of halogens is 2. The van der Waals surface area contributed by atoms with Crippen molar-refractivity contribution in [2.45, 2.75) is 0 Å². The second kappa shape index (κ2) is 5.52. The molecular formula is C11H14F2N2O3S. The highest BCUT2D eigenvalue weighted by atomic mass is 32.2. The molecular weight excluding hydrogens is 278 g/mol. The third kappa shape index (κ3) is 3.88. The lowest BCUT2D eigenvalue weighted by atomic mass is 10.1. The molecule has 0 saturated carbocycles. The molecule has 19 heavy (non-hydrogen) atoms. The molecule has 0 aliphatic rings. The Kier molecular flexibility index (Phi) is 4.46. The average molecular weight is 292 g/mol. The summed E-state index contributed by atoms with van der Waals surface area (Å²) in [6, 6.07) is 1.90. The molecule has 0 unspecified atom stereocenters. The van der Waals surface area contributed by atoms with Crippen molar-refractivity contribution in [3.63, 3.8) is 0 Å². The quantitative estimate of drug-likeness (QED) is 0.827. The summed E-state index contributed by atoms with van der Waals surface area (Å²) >= 11 is 0. The third-order valence-electron chi connectivity index (χ3n) is 2.48. The van der Waals surface area contributed by atoms with Gasteiger partial charge in [-0.05, 0) is 12.1 Å². The minimum atomic E-state index is -3.27. The van der Waals surface area contributed by atoms with Crippen LogP contribution >= 0.6 is 0 Å². The molecule has 0 atom stereocenters. The number of hydrogen-bond acceptors (Lipinski definition) is 4. The van der Waals surface area contributed by atoms with E-state index in [2.05, 4.69) is 0 Å². The van der Waals surface area contributed by atoms with E-state index < -0.39 is 32.9 Å². The van der Waals surface area contributed by atoms with Crippen LogP contribution in [0, 0.1) is 11.6 Å². The van der Waals surface area contributed by atoms with Gasteiger partial charge in [0.25, 0.3) is 5.91 Å². The maximum atomic E-state index is 13.6. The lowest BCUT2D eigenvalue weighted by Crippen LogP contribution is -2.32. The maximum absolute atomic E-state index is 13.6. The molecule has 0 aliphatic heterocycles. The van der Waals surface area contributed by atoms with Gasteiger partial charge in [-0.1, -0.05) is 0 Å². The SMILES string of the molecule is CN(CCS(C)(=O)=O)C(=O)c1c(F)ccc(N)c1F. The summed E-state index contributed by atoms with van der Waals surface area (Å²) < 4.78 is 49.0. The van der Waals surface area contributed by atoms with E-state index in [0.717, 1.165) is 23.3 Å². The van der Waals surface area contributed by atoms with E-state index in [4.69, 9.17) is 5.73 Å². The topological polar surface area (TPSA) is 80.5 Å². The monoisotopic (exact) mass is 292 g/mol. The fourth-order valence-electron chi connectivity index (χ4n) is 1.36. The number of nitrogens with two attached hydrogens (primary N) is 1. The number of hydrogen-bond donors (Lipinski definition) is 1. The van der Waals surface area contributed by atoms with Crippen molar-refractivity contribution in [1.82, 2.24) is 4.90 Å². The van der Waals surface area contributed by atoms with Gasteiger partial charge in [0.1, 0.15) is 21.2 Å². The first kappa shape index (κ1) is 15.4. The zero-order valence-corrected chi connectivity index (χ0v) is 11.3. The van der Waals surface area contributed by atoms with Crippen LogP contribution in [0.5, 0.6) is 0 Å². The molecule has 5 nitrogen and oxygen atoms in total. The highest BCUT2D eigenvalue weighted by Gasteiger charge is 2.23. The van der Waals surface area contributed by atoms with Crippen molar-refractivity contribution in [2.75, 3.05) is 31.3 Å². The molecule has 0 radical (unpaired) electrons. The largest absolute Gasteiger partial charge is 0.396 e. The molecule has 0 spiro atoms. The van der Waals surface area contributed by atoms with Crippen LogP contribution in [0.1, 0.15) is 10.4 Å². The summed E-state index contributed by atoms with van der Waals surface area (Å²) in [7, 11) is -2.01. The highest BCUT2D eigenvalue weighted by molar-refractivity contribution is 7.90. The van der Waals surface area contributed by atoms with Crippen LogP contribution in [0.4, 0.5) is 14.5 Å². The number of sulfone groups is 1. The van der Waals surface area contributed by atoms with Gasteiger partial charge in [0.2, 0.25) is 0 Å². The predicted octanol–water partition coefficient (Wildman–Crippen LogP) is 0.664. The first-order chi connectivity index (χ1) is 8.63. The standard InChI is InChI=1S/C11H14F2N2O3S/c1-15(5-6-19(2,17)18)11(16)9-7(12)3-4-8(14)10(9)13/h3-4H,5-6,14H2,1-2H3. The fourth-order valence-corrected chi connectivity index (χ4v) is 1.97. The number of anilines is 1. The molecule has 0 aliphatic carbocycles. The van der Waals surface area contributed by atoms with E-state index in [0.29, 0.717) is 0 Å². The van der Waals surface area contributed by atoms with Crippen molar-refractivity contribution in [3.8, 4) is 0 Å². The normalized spacial score (nSPS) is 11.4. The van der Waals surface area contributed by atoms with Crippen molar-refractivity contribution >= 4 is 21.4 Å². The van der Waals surface area contributed by atoms with Crippen molar-refractivity contribution in [2.24, 2.45) is 0 Å². The average Bonchev–Trinajstić information content (AvgIpc) is 2.30. The number of nitrogens with zero attached hydrogens (tertiary/aromatic N) is 1. The van der Waals surface area contributed by atoms with Gasteiger partial charge in [-0.2, -0.15) is 0 Å². The van der Waals surface area contributed by atoms with Crippen LogP contribution in [-0.4, -0.2) is 44.8 Å². The van der Waals surface area contributed by atoms with Gasteiger partial charge in [-0.15, -0.1) is 0 Å². The first-order valence-electron chi connectivity index (χ1n) is 5.30. The van der Waals surface area contributed by atoms with Crippen LogP contribution in [0.25, 0.3) is 0 Å². The summed E-state index contributed by atoms with van der Waals surface area (Å²) in [5, 5.41) is 0. The van der Waals surface area contributed by atoms with E-state index in [9.17, 15) is 22.0 Å². The molecule has 0 heterocycles. The molecule has 106 valence electrons. The Morgan fingerprint density at radius 2 is 1.95 bits per heavy atom. The van der Waals surface area contributed by atoms with E-state index in [1.54, 1.807) is 0 Å². The molecule has 2 N–H and O–H groups in total. The van der Waals surface area contributed by atoms with Crippen molar-refractivity contribution in [3.05, 3.63) is 29.3 Å². The molecule has 0 bridgehead atoms. The van der Waals surface area contributed by atoms with Crippen molar-refractivity contribution < 1.29 is 22.0 Å². The lowest BCUT2D eigenvalue weighted by Gasteiger charge is -2.17. The summed E-state index contributed by atoms with van der Waals surface area (Å²) in [4.78, 5) is 12.8. The Morgan fingerprint density at radius 3 is 2.47 bits per heavy atom. The molecule has 1 aromatic carbocycles. The highest BCUT2D eigenvalue weighted by Crippen LogP contribution is 2.19. The summed E-state index contributed by atoms with van der Waals surface area (Å²) in [6.07, 6.45) is 1.01. The van der Waals surface area contributed by atoms with Crippen molar-refractivity contribution in [1.29, 1.82) is 0 Å². The zero-order chi connectivity index (χ0) is 14.8. The van der Waals surface area contributed by atoms with E-state index in [1.807, 2.05) is 0 Å². The summed E-state index contributed by atoms with van der Waals surface area (Å²) in [5.74, 6) is -3.43. The Morgan fingerprint density at radius 1 is 1.37 bits per heavy atom. The van der Waals surface area contributed by atoms with Crippen LogP contribution in [0.3, 0.4) is 0 Å². The zero-order valence-electron chi connectivity index (χ0n) is 10.5. The Bertz CT molecular complexity index is 602. The van der Waals surface area contributed by atoms with Gasteiger partial charge >= 0.3 is 0 Å².